The molecule has 2 heterocycles. The summed E-state index contributed by atoms with van der Waals surface area (Å²) in [6, 6.07) is 16.8. The van der Waals surface area contributed by atoms with E-state index in [1.807, 2.05) is 53.4 Å². The van der Waals surface area contributed by atoms with Gasteiger partial charge in [-0.2, -0.15) is 0 Å². The van der Waals surface area contributed by atoms with Crippen LogP contribution in [0.15, 0.2) is 59.0 Å². The van der Waals surface area contributed by atoms with Crippen molar-refractivity contribution >= 4 is 28.5 Å². The molecule has 140 valence electrons. The highest BCUT2D eigenvalue weighted by Gasteiger charge is 2.19. The van der Waals surface area contributed by atoms with Crippen LogP contribution in [0.4, 0.5) is 5.69 Å². The first kappa shape index (κ1) is 17.9. The van der Waals surface area contributed by atoms with Crippen LogP contribution in [0.25, 0.3) is 11.0 Å². The van der Waals surface area contributed by atoms with E-state index in [1.165, 1.54) is 0 Å². The molecule has 1 aliphatic heterocycles. The molecule has 1 aliphatic rings. The van der Waals surface area contributed by atoms with E-state index in [-0.39, 0.29) is 24.1 Å². The SMILES string of the molecule is O=C(NCC#Cc1ccc(N2CCCCC2=O)cc1)c1cc2ccccc2o1. The van der Waals surface area contributed by atoms with Crippen LogP contribution in [-0.2, 0) is 4.79 Å². The third kappa shape index (κ3) is 3.91. The summed E-state index contributed by atoms with van der Waals surface area (Å²) in [6.45, 7) is 1.000. The van der Waals surface area contributed by atoms with Gasteiger partial charge in [0.2, 0.25) is 5.91 Å². The van der Waals surface area contributed by atoms with Gasteiger partial charge in [0.15, 0.2) is 5.76 Å². The van der Waals surface area contributed by atoms with E-state index >= 15 is 0 Å². The topological polar surface area (TPSA) is 62.6 Å². The number of nitrogens with one attached hydrogen (secondary N) is 1. The van der Waals surface area contributed by atoms with Crippen molar-refractivity contribution in [2.75, 3.05) is 18.0 Å². The van der Waals surface area contributed by atoms with E-state index in [9.17, 15) is 9.59 Å². The summed E-state index contributed by atoms with van der Waals surface area (Å²) in [5.41, 5.74) is 2.44. The van der Waals surface area contributed by atoms with Crippen LogP contribution in [0.5, 0.6) is 0 Å². The van der Waals surface area contributed by atoms with Crippen molar-refractivity contribution in [2.24, 2.45) is 0 Å². The van der Waals surface area contributed by atoms with Crippen molar-refractivity contribution in [1.82, 2.24) is 5.32 Å². The normalized spacial score (nSPS) is 13.9. The summed E-state index contributed by atoms with van der Waals surface area (Å²) in [6.07, 6.45) is 2.63. The fraction of sp³-hybridized carbons (Fsp3) is 0.217. The van der Waals surface area contributed by atoms with Crippen LogP contribution in [-0.4, -0.2) is 24.9 Å². The lowest BCUT2D eigenvalue weighted by Crippen LogP contribution is -2.35. The van der Waals surface area contributed by atoms with Gasteiger partial charge >= 0.3 is 0 Å². The number of rotatable bonds is 3. The van der Waals surface area contributed by atoms with Gasteiger partial charge in [0.25, 0.3) is 5.91 Å². The van der Waals surface area contributed by atoms with Gasteiger partial charge in [-0.1, -0.05) is 30.0 Å². The number of furan rings is 1. The Morgan fingerprint density at radius 1 is 1.11 bits per heavy atom. The first-order chi connectivity index (χ1) is 13.7. The number of nitrogens with zero attached hydrogens (tertiary/aromatic N) is 1. The van der Waals surface area contributed by atoms with Crippen molar-refractivity contribution in [3.63, 3.8) is 0 Å². The highest BCUT2D eigenvalue weighted by molar-refractivity contribution is 5.96. The van der Waals surface area contributed by atoms with E-state index in [2.05, 4.69) is 17.2 Å². The lowest BCUT2D eigenvalue weighted by atomic mass is 10.1. The number of piperidine rings is 1. The Labute approximate surface area is 163 Å². The van der Waals surface area contributed by atoms with Gasteiger partial charge in [0, 0.05) is 29.6 Å². The standard InChI is InChI=1S/C23H20N2O3/c26-22-9-3-4-15-25(22)19-12-10-17(11-13-19)6-5-14-24-23(27)21-16-18-7-1-2-8-20(18)28-21/h1-2,7-8,10-13,16H,3-4,9,14-15H2,(H,24,27). The summed E-state index contributed by atoms with van der Waals surface area (Å²) in [5, 5.41) is 3.63. The molecule has 2 aromatic carbocycles. The van der Waals surface area contributed by atoms with Crippen molar-refractivity contribution < 1.29 is 14.0 Å². The third-order valence-electron chi connectivity index (χ3n) is 4.72. The molecule has 0 atom stereocenters. The molecule has 0 saturated carbocycles. The number of para-hydroxylation sites is 1. The lowest BCUT2D eigenvalue weighted by Gasteiger charge is -2.26. The predicted octanol–water partition coefficient (Wildman–Crippen LogP) is 3.73. The average Bonchev–Trinajstić information content (AvgIpc) is 3.16. The van der Waals surface area contributed by atoms with Crippen molar-refractivity contribution in [2.45, 2.75) is 19.3 Å². The molecule has 5 heteroatoms. The maximum absolute atomic E-state index is 12.2. The van der Waals surface area contributed by atoms with Crippen LogP contribution in [0, 0.1) is 11.8 Å². The minimum atomic E-state index is -0.288. The molecule has 0 aliphatic carbocycles. The Morgan fingerprint density at radius 3 is 2.71 bits per heavy atom. The molecular weight excluding hydrogens is 352 g/mol. The number of carbonyl (C=O) groups is 2. The molecule has 1 saturated heterocycles. The summed E-state index contributed by atoms with van der Waals surface area (Å²) in [4.78, 5) is 26.0. The molecule has 5 nitrogen and oxygen atoms in total. The molecule has 28 heavy (non-hydrogen) atoms. The van der Waals surface area contributed by atoms with Crippen LogP contribution >= 0.6 is 0 Å². The first-order valence-electron chi connectivity index (χ1n) is 9.37. The zero-order valence-corrected chi connectivity index (χ0v) is 15.4. The lowest BCUT2D eigenvalue weighted by molar-refractivity contribution is -0.119. The maximum Gasteiger partial charge on any atom is 0.287 e. The Hall–Kier alpha value is -3.52. The van der Waals surface area contributed by atoms with Gasteiger partial charge in [-0.25, -0.2) is 0 Å². The number of fused-ring (bicyclic) bond motifs is 1. The van der Waals surface area contributed by atoms with Crippen molar-refractivity contribution in [3.05, 3.63) is 65.9 Å². The molecule has 0 radical (unpaired) electrons. The van der Waals surface area contributed by atoms with Crippen LogP contribution in [0.3, 0.4) is 0 Å². The van der Waals surface area contributed by atoms with Gasteiger partial charge < -0.3 is 14.6 Å². The monoisotopic (exact) mass is 372 g/mol. The summed E-state index contributed by atoms with van der Waals surface area (Å²) in [7, 11) is 0. The molecule has 1 fully saturated rings. The van der Waals surface area contributed by atoms with Crippen LogP contribution in [0.1, 0.15) is 35.4 Å². The molecular formula is C23H20N2O3. The molecule has 3 aromatic rings. The fourth-order valence-electron chi connectivity index (χ4n) is 3.26. The molecule has 1 aromatic heterocycles. The zero-order valence-electron chi connectivity index (χ0n) is 15.4. The van der Waals surface area contributed by atoms with Gasteiger partial charge in [0.1, 0.15) is 5.58 Å². The predicted molar refractivity (Wildman–Crippen MR) is 108 cm³/mol. The third-order valence-corrected chi connectivity index (χ3v) is 4.72. The average molecular weight is 372 g/mol. The van der Waals surface area contributed by atoms with E-state index in [4.69, 9.17) is 4.42 Å². The van der Waals surface area contributed by atoms with E-state index in [0.717, 1.165) is 36.0 Å². The number of hydrogen-bond donors (Lipinski definition) is 1. The fourth-order valence-corrected chi connectivity index (χ4v) is 3.26. The first-order valence-corrected chi connectivity index (χ1v) is 9.37. The summed E-state index contributed by atoms with van der Waals surface area (Å²) >= 11 is 0. The van der Waals surface area contributed by atoms with Gasteiger partial charge in [-0.05, 0) is 49.2 Å². The Kier molecular flexibility index (Phi) is 5.11. The minimum absolute atomic E-state index is 0.179. The smallest absolute Gasteiger partial charge is 0.287 e. The van der Waals surface area contributed by atoms with Crippen molar-refractivity contribution in [1.29, 1.82) is 0 Å². The summed E-state index contributed by atoms with van der Waals surface area (Å²) in [5.74, 6) is 6.13. The van der Waals surface area contributed by atoms with Gasteiger partial charge in [-0.15, -0.1) is 0 Å². The second-order valence-corrected chi connectivity index (χ2v) is 6.68. The molecule has 1 N–H and O–H groups in total. The zero-order chi connectivity index (χ0) is 19.3. The second-order valence-electron chi connectivity index (χ2n) is 6.68. The van der Waals surface area contributed by atoms with Gasteiger partial charge in [0.05, 0.1) is 6.54 Å². The summed E-state index contributed by atoms with van der Waals surface area (Å²) < 4.78 is 5.53. The number of amides is 2. The minimum Gasteiger partial charge on any atom is -0.451 e. The Morgan fingerprint density at radius 2 is 1.93 bits per heavy atom. The number of anilines is 1. The highest BCUT2D eigenvalue weighted by Crippen LogP contribution is 2.21. The largest absolute Gasteiger partial charge is 0.451 e. The highest BCUT2D eigenvalue weighted by atomic mass is 16.3. The quantitative estimate of drug-likeness (QED) is 0.713. The van der Waals surface area contributed by atoms with E-state index < -0.39 is 0 Å². The molecule has 0 spiro atoms. The maximum atomic E-state index is 12.2. The van der Waals surface area contributed by atoms with Crippen LogP contribution in [0.2, 0.25) is 0 Å². The number of benzene rings is 2. The van der Waals surface area contributed by atoms with E-state index in [0.29, 0.717) is 12.0 Å². The second kappa shape index (κ2) is 8.01. The molecule has 2 amide bonds. The van der Waals surface area contributed by atoms with E-state index in [1.54, 1.807) is 6.07 Å². The van der Waals surface area contributed by atoms with Crippen molar-refractivity contribution in [3.8, 4) is 11.8 Å². The Bertz CT molecular complexity index is 1040. The molecule has 0 unspecified atom stereocenters. The number of hydrogen-bond acceptors (Lipinski definition) is 3. The number of carbonyl (C=O) groups excluding carboxylic acids is 2. The van der Waals surface area contributed by atoms with Crippen LogP contribution < -0.4 is 10.2 Å². The molecule has 4 rings (SSSR count). The Balaban J connectivity index is 1.34. The van der Waals surface area contributed by atoms with Gasteiger partial charge in [-0.3, -0.25) is 9.59 Å². The molecule has 0 bridgehead atoms.